The third kappa shape index (κ3) is 3.62. The van der Waals surface area contributed by atoms with E-state index >= 15 is 0 Å². The van der Waals surface area contributed by atoms with E-state index in [9.17, 15) is 0 Å². The molecule has 1 aromatic heterocycles. The molecule has 1 saturated heterocycles. The summed E-state index contributed by atoms with van der Waals surface area (Å²) in [4.78, 5) is 6.81. The normalized spacial score (nSPS) is 16.6. The Hall–Kier alpha value is -1.25. The topological polar surface area (TPSA) is 28.2 Å². The minimum absolute atomic E-state index is 1.02. The van der Waals surface area contributed by atoms with Crippen LogP contribution in [0.3, 0.4) is 0 Å². The number of pyridine rings is 1. The minimum Gasteiger partial charge on any atom is -0.384 e. The first-order chi connectivity index (χ1) is 8.40. The zero-order chi connectivity index (χ0) is 11.9. The first-order valence-corrected chi connectivity index (χ1v) is 6.84. The van der Waals surface area contributed by atoms with Crippen molar-refractivity contribution in [3.63, 3.8) is 0 Å². The summed E-state index contributed by atoms with van der Waals surface area (Å²) in [5.41, 5.74) is 2.42. The highest BCUT2D eigenvalue weighted by atomic mass is 15.1. The van der Waals surface area contributed by atoms with Crippen molar-refractivity contribution in [3.05, 3.63) is 18.5 Å². The Labute approximate surface area is 104 Å². The van der Waals surface area contributed by atoms with Crippen molar-refractivity contribution in [2.24, 2.45) is 0 Å². The number of rotatable bonds is 4. The van der Waals surface area contributed by atoms with Crippen LogP contribution in [0, 0.1) is 0 Å². The average Bonchev–Trinajstić information content (AvgIpc) is 2.65. The molecule has 0 atom stereocenters. The summed E-state index contributed by atoms with van der Waals surface area (Å²) in [6, 6.07) is 2.23. The van der Waals surface area contributed by atoms with Crippen LogP contribution in [0.5, 0.6) is 0 Å². The molecule has 1 aliphatic heterocycles. The van der Waals surface area contributed by atoms with E-state index in [1.807, 2.05) is 12.4 Å². The smallest absolute Gasteiger partial charge is 0.0573 e. The summed E-state index contributed by atoms with van der Waals surface area (Å²) in [7, 11) is 0. The quantitative estimate of drug-likeness (QED) is 0.865. The Bertz CT molecular complexity index is 330. The van der Waals surface area contributed by atoms with Crippen LogP contribution in [0.1, 0.15) is 39.0 Å². The summed E-state index contributed by atoms with van der Waals surface area (Å²) in [6.07, 6.45) is 10.4. The molecule has 0 bridgehead atoms. The van der Waals surface area contributed by atoms with E-state index in [0.29, 0.717) is 0 Å². The zero-order valence-electron chi connectivity index (χ0n) is 10.8. The van der Waals surface area contributed by atoms with Gasteiger partial charge in [0, 0.05) is 19.6 Å². The van der Waals surface area contributed by atoms with Gasteiger partial charge in [-0.25, -0.2) is 0 Å². The van der Waals surface area contributed by atoms with Gasteiger partial charge in [0.25, 0.3) is 0 Å². The van der Waals surface area contributed by atoms with Gasteiger partial charge >= 0.3 is 0 Å². The Kier molecular flexibility index (Phi) is 4.65. The maximum atomic E-state index is 4.34. The molecular formula is C14H23N3. The largest absolute Gasteiger partial charge is 0.384 e. The Morgan fingerprint density at radius 2 is 1.94 bits per heavy atom. The van der Waals surface area contributed by atoms with Crippen molar-refractivity contribution in [2.75, 3.05) is 29.9 Å². The van der Waals surface area contributed by atoms with Crippen molar-refractivity contribution in [3.8, 4) is 0 Å². The van der Waals surface area contributed by atoms with Gasteiger partial charge in [0.05, 0.1) is 23.8 Å². The molecule has 2 heterocycles. The predicted octanol–water partition coefficient (Wildman–Crippen LogP) is 3.28. The Morgan fingerprint density at radius 3 is 2.65 bits per heavy atom. The van der Waals surface area contributed by atoms with E-state index in [1.54, 1.807) is 0 Å². The fourth-order valence-electron chi connectivity index (χ4n) is 2.30. The number of anilines is 2. The van der Waals surface area contributed by atoms with Crippen molar-refractivity contribution >= 4 is 11.4 Å². The minimum atomic E-state index is 1.02. The molecule has 0 aliphatic carbocycles. The van der Waals surface area contributed by atoms with Gasteiger partial charge < -0.3 is 10.2 Å². The highest BCUT2D eigenvalue weighted by molar-refractivity contribution is 5.55. The van der Waals surface area contributed by atoms with Crippen LogP contribution in [0.25, 0.3) is 0 Å². The molecule has 0 aromatic carbocycles. The van der Waals surface area contributed by atoms with E-state index in [-0.39, 0.29) is 0 Å². The van der Waals surface area contributed by atoms with Crippen LogP contribution in [0.2, 0.25) is 0 Å². The van der Waals surface area contributed by atoms with Crippen LogP contribution in [0.15, 0.2) is 18.5 Å². The second-order valence-corrected chi connectivity index (χ2v) is 4.76. The van der Waals surface area contributed by atoms with Gasteiger partial charge in [-0.3, -0.25) is 4.98 Å². The summed E-state index contributed by atoms with van der Waals surface area (Å²) >= 11 is 0. The standard InChI is InChI=1S/C14H23N3/c1-2-7-16-13-10-14(12-15-11-13)17-8-5-3-4-6-9-17/h10-12,16H,2-9H2,1H3. The summed E-state index contributed by atoms with van der Waals surface area (Å²) in [5, 5.41) is 3.40. The van der Waals surface area contributed by atoms with Gasteiger partial charge in [-0.1, -0.05) is 19.8 Å². The molecule has 1 aliphatic rings. The zero-order valence-corrected chi connectivity index (χ0v) is 10.8. The number of aromatic nitrogens is 1. The van der Waals surface area contributed by atoms with Crippen molar-refractivity contribution < 1.29 is 0 Å². The van der Waals surface area contributed by atoms with Gasteiger partial charge in [0.2, 0.25) is 0 Å². The number of nitrogens with zero attached hydrogens (tertiary/aromatic N) is 2. The number of hydrogen-bond donors (Lipinski definition) is 1. The number of hydrogen-bond acceptors (Lipinski definition) is 3. The highest BCUT2D eigenvalue weighted by Crippen LogP contribution is 2.21. The molecule has 17 heavy (non-hydrogen) atoms. The maximum Gasteiger partial charge on any atom is 0.0573 e. The van der Waals surface area contributed by atoms with Crippen LogP contribution in [-0.4, -0.2) is 24.6 Å². The molecule has 3 nitrogen and oxygen atoms in total. The van der Waals surface area contributed by atoms with Crippen LogP contribution >= 0.6 is 0 Å². The highest BCUT2D eigenvalue weighted by Gasteiger charge is 2.10. The van der Waals surface area contributed by atoms with Gasteiger partial charge in [0.15, 0.2) is 0 Å². The molecule has 0 spiro atoms. The van der Waals surface area contributed by atoms with Gasteiger partial charge in [0.1, 0.15) is 0 Å². The Balaban J connectivity index is 2.03. The molecular weight excluding hydrogens is 210 g/mol. The molecule has 2 rings (SSSR count). The molecule has 0 unspecified atom stereocenters. The van der Waals surface area contributed by atoms with E-state index in [1.165, 1.54) is 44.5 Å². The van der Waals surface area contributed by atoms with Gasteiger partial charge in [-0.15, -0.1) is 0 Å². The molecule has 0 saturated carbocycles. The fourth-order valence-corrected chi connectivity index (χ4v) is 2.30. The van der Waals surface area contributed by atoms with Crippen molar-refractivity contribution in [1.82, 2.24) is 4.98 Å². The van der Waals surface area contributed by atoms with E-state index in [2.05, 4.69) is 28.2 Å². The Morgan fingerprint density at radius 1 is 1.18 bits per heavy atom. The molecule has 0 radical (unpaired) electrons. The lowest BCUT2D eigenvalue weighted by atomic mass is 10.2. The van der Waals surface area contributed by atoms with Crippen LogP contribution < -0.4 is 10.2 Å². The van der Waals surface area contributed by atoms with Gasteiger partial charge in [-0.2, -0.15) is 0 Å². The second-order valence-electron chi connectivity index (χ2n) is 4.76. The van der Waals surface area contributed by atoms with Crippen molar-refractivity contribution in [1.29, 1.82) is 0 Å². The number of nitrogens with one attached hydrogen (secondary N) is 1. The van der Waals surface area contributed by atoms with Crippen LogP contribution in [0.4, 0.5) is 11.4 Å². The summed E-state index contributed by atoms with van der Waals surface area (Å²) in [6.45, 7) is 5.56. The molecule has 1 fully saturated rings. The van der Waals surface area contributed by atoms with E-state index in [0.717, 1.165) is 18.7 Å². The fraction of sp³-hybridized carbons (Fsp3) is 0.643. The molecule has 1 N–H and O–H groups in total. The van der Waals surface area contributed by atoms with E-state index < -0.39 is 0 Å². The average molecular weight is 233 g/mol. The lowest BCUT2D eigenvalue weighted by Crippen LogP contribution is -2.24. The molecule has 1 aromatic rings. The maximum absolute atomic E-state index is 4.34. The molecule has 0 amide bonds. The third-order valence-electron chi connectivity index (χ3n) is 3.27. The van der Waals surface area contributed by atoms with Gasteiger partial charge in [-0.05, 0) is 25.3 Å². The SMILES string of the molecule is CCCNc1cncc(N2CCCCCC2)c1. The van der Waals surface area contributed by atoms with E-state index in [4.69, 9.17) is 0 Å². The molecule has 94 valence electrons. The third-order valence-corrected chi connectivity index (χ3v) is 3.27. The second kappa shape index (κ2) is 6.48. The predicted molar refractivity (Wildman–Crippen MR) is 73.7 cm³/mol. The summed E-state index contributed by atoms with van der Waals surface area (Å²) in [5.74, 6) is 0. The first kappa shape index (κ1) is 12.2. The summed E-state index contributed by atoms with van der Waals surface area (Å²) < 4.78 is 0. The van der Waals surface area contributed by atoms with Crippen molar-refractivity contribution in [2.45, 2.75) is 39.0 Å². The monoisotopic (exact) mass is 233 g/mol. The lowest BCUT2D eigenvalue weighted by Gasteiger charge is -2.22. The molecule has 3 heteroatoms. The van der Waals surface area contributed by atoms with Crippen LogP contribution in [-0.2, 0) is 0 Å². The lowest BCUT2D eigenvalue weighted by molar-refractivity contribution is 0.726. The first-order valence-electron chi connectivity index (χ1n) is 6.84.